The van der Waals surface area contributed by atoms with E-state index in [1.54, 1.807) is 12.1 Å². The molecule has 0 atom stereocenters. The fourth-order valence-corrected chi connectivity index (χ4v) is 2.50. The number of benzene rings is 1. The summed E-state index contributed by atoms with van der Waals surface area (Å²) in [5.41, 5.74) is 0.963. The van der Waals surface area contributed by atoms with E-state index < -0.39 is 5.97 Å². The molecule has 0 bridgehead atoms. The van der Waals surface area contributed by atoms with Crippen LogP contribution >= 0.6 is 35.0 Å². The third-order valence-electron chi connectivity index (χ3n) is 2.47. The lowest BCUT2D eigenvalue weighted by Crippen LogP contribution is -2.31. The number of thioether (sulfide) groups is 1. The molecule has 1 N–H and O–H groups in total. The molecule has 0 saturated carbocycles. The van der Waals surface area contributed by atoms with Crippen LogP contribution in [0.4, 0.5) is 0 Å². The van der Waals surface area contributed by atoms with Crippen molar-refractivity contribution in [3.63, 3.8) is 0 Å². The van der Waals surface area contributed by atoms with Crippen LogP contribution in [0.5, 0.6) is 0 Å². The smallest absolute Gasteiger partial charge is 0.316 e. The molecule has 0 aromatic heterocycles. The Kier molecular flexibility index (Phi) is 9.31. The summed E-state index contributed by atoms with van der Waals surface area (Å²) >= 11 is 13.1. The molecule has 1 aromatic rings. The lowest BCUT2D eigenvalue weighted by Gasteiger charge is -2.06. The second-order valence-electron chi connectivity index (χ2n) is 4.24. The SMILES string of the molecule is COCCNC(=O)COC(=O)CSCc1ccc(Cl)c(Cl)c1. The van der Waals surface area contributed by atoms with Crippen LogP contribution in [0.1, 0.15) is 5.56 Å². The van der Waals surface area contributed by atoms with Gasteiger partial charge in [0.25, 0.3) is 5.91 Å². The Hall–Kier alpha value is -0.950. The zero-order valence-corrected chi connectivity index (χ0v) is 14.4. The molecule has 0 saturated heterocycles. The molecule has 0 fully saturated rings. The van der Waals surface area contributed by atoms with Crippen LogP contribution in [0.25, 0.3) is 0 Å². The van der Waals surface area contributed by atoms with Crippen molar-refractivity contribution in [2.45, 2.75) is 5.75 Å². The van der Waals surface area contributed by atoms with Crippen LogP contribution in [0.3, 0.4) is 0 Å². The molecular formula is C14H17Cl2NO4S. The highest BCUT2D eigenvalue weighted by Gasteiger charge is 2.08. The second-order valence-corrected chi connectivity index (χ2v) is 6.04. The highest BCUT2D eigenvalue weighted by molar-refractivity contribution is 7.99. The van der Waals surface area contributed by atoms with Crippen molar-refractivity contribution >= 4 is 46.8 Å². The van der Waals surface area contributed by atoms with Gasteiger partial charge >= 0.3 is 5.97 Å². The van der Waals surface area contributed by atoms with E-state index in [0.717, 1.165) is 5.56 Å². The normalized spacial score (nSPS) is 10.3. The fourth-order valence-electron chi connectivity index (χ4n) is 1.41. The number of ether oxygens (including phenoxy) is 2. The van der Waals surface area contributed by atoms with Crippen LogP contribution in [0.2, 0.25) is 10.0 Å². The summed E-state index contributed by atoms with van der Waals surface area (Å²) in [6.45, 7) is 0.522. The Morgan fingerprint density at radius 1 is 1.27 bits per heavy atom. The number of hydrogen-bond donors (Lipinski definition) is 1. The Labute approximate surface area is 143 Å². The minimum atomic E-state index is -0.438. The van der Waals surface area contributed by atoms with Gasteiger partial charge in [0.05, 0.1) is 22.4 Å². The predicted octanol–water partition coefficient (Wildman–Crippen LogP) is 2.53. The summed E-state index contributed by atoms with van der Waals surface area (Å²) in [5, 5.41) is 3.53. The van der Waals surface area contributed by atoms with E-state index in [4.69, 9.17) is 32.7 Å². The zero-order chi connectivity index (χ0) is 16.4. The van der Waals surface area contributed by atoms with Gasteiger partial charge in [-0.2, -0.15) is 0 Å². The first-order chi connectivity index (χ1) is 10.5. The van der Waals surface area contributed by atoms with Crippen molar-refractivity contribution in [3.05, 3.63) is 33.8 Å². The highest BCUT2D eigenvalue weighted by atomic mass is 35.5. The molecule has 0 heterocycles. The summed E-state index contributed by atoms with van der Waals surface area (Å²) in [6, 6.07) is 5.31. The molecule has 1 rings (SSSR count). The predicted molar refractivity (Wildman–Crippen MR) is 88.5 cm³/mol. The molecule has 0 aliphatic heterocycles. The van der Waals surface area contributed by atoms with E-state index >= 15 is 0 Å². The van der Waals surface area contributed by atoms with Crippen molar-refractivity contribution in [2.75, 3.05) is 32.6 Å². The second kappa shape index (κ2) is 10.7. The van der Waals surface area contributed by atoms with Crippen molar-refractivity contribution in [1.29, 1.82) is 0 Å². The minimum Gasteiger partial charge on any atom is -0.455 e. The standard InChI is InChI=1S/C14H17Cl2NO4S/c1-20-5-4-17-13(18)7-21-14(19)9-22-8-10-2-3-11(15)12(16)6-10/h2-3,6H,4-5,7-9H2,1H3,(H,17,18). The lowest BCUT2D eigenvalue weighted by atomic mass is 10.2. The highest BCUT2D eigenvalue weighted by Crippen LogP contribution is 2.24. The number of methoxy groups -OCH3 is 1. The van der Waals surface area contributed by atoms with E-state index in [0.29, 0.717) is 28.9 Å². The van der Waals surface area contributed by atoms with Gasteiger partial charge in [-0.05, 0) is 17.7 Å². The van der Waals surface area contributed by atoms with Crippen LogP contribution < -0.4 is 5.32 Å². The number of halogens is 2. The first-order valence-electron chi connectivity index (χ1n) is 6.46. The van der Waals surface area contributed by atoms with E-state index in [-0.39, 0.29) is 18.3 Å². The third-order valence-corrected chi connectivity index (χ3v) is 4.18. The lowest BCUT2D eigenvalue weighted by molar-refractivity contribution is -0.145. The summed E-state index contributed by atoms with van der Waals surface area (Å²) in [4.78, 5) is 22.8. The van der Waals surface area contributed by atoms with Gasteiger partial charge < -0.3 is 14.8 Å². The monoisotopic (exact) mass is 365 g/mol. The van der Waals surface area contributed by atoms with Gasteiger partial charge in [-0.15, -0.1) is 11.8 Å². The number of carbonyl (C=O) groups excluding carboxylic acids is 2. The molecule has 0 aliphatic rings. The van der Waals surface area contributed by atoms with Gasteiger partial charge in [0.2, 0.25) is 0 Å². The van der Waals surface area contributed by atoms with Gasteiger partial charge in [0.15, 0.2) is 6.61 Å². The number of nitrogens with one attached hydrogen (secondary N) is 1. The molecule has 0 spiro atoms. The summed E-state index contributed by atoms with van der Waals surface area (Å²) in [5.74, 6) is -0.0238. The Balaban J connectivity index is 2.17. The molecule has 8 heteroatoms. The molecule has 0 aliphatic carbocycles. The number of amides is 1. The maximum absolute atomic E-state index is 11.5. The first kappa shape index (κ1) is 19.1. The molecular weight excluding hydrogens is 349 g/mol. The van der Waals surface area contributed by atoms with Crippen molar-refractivity contribution in [1.82, 2.24) is 5.32 Å². The van der Waals surface area contributed by atoms with Gasteiger partial charge in [-0.3, -0.25) is 9.59 Å². The Morgan fingerprint density at radius 3 is 2.73 bits per heavy atom. The molecule has 1 aromatic carbocycles. The molecule has 22 heavy (non-hydrogen) atoms. The number of carbonyl (C=O) groups is 2. The van der Waals surface area contributed by atoms with Crippen LogP contribution in [-0.2, 0) is 24.8 Å². The molecule has 0 radical (unpaired) electrons. The molecule has 122 valence electrons. The summed E-state index contributed by atoms with van der Waals surface area (Å²) in [7, 11) is 1.54. The van der Waals surface area contributed by atoms with Crippen molar-refractivity contribution in [2.24, 2.45) is 0 Å². The quantitative estimate of drug-likeness (QED) is 0.538. The molecule has 5 nitrogen and oxygen atoms in total. The number of rotatable bonds is 9. The van der Waals surface area contributed by atoms with Crippen LogP contribution in [0.15, 0.2) is 18.2 Å². The first-order valence-corrected chi connectivity index (χ1v) is 8.37. The Morgan fingerprint density at radius 2 is 2.05 bits per heavy atom. The van der Waals surface area contributed by atoms with Crippen LogP contribution in [-0.4, -0.2) is 44.5 Å². The largest absolute Gasteiger partial charge is 0.455 e. The number of hydrogen-bond acceptors (Lipinski definition) is 5. The van der Waals surface area contributed by atoms with E-state index in [9.17, 15) is 9.59 Å². The van der Waals surface area contributed by atoms with Gasteiger partial charge in [0.1, 0.15) is 0 Å². The molecule has 0 unspecified atom stereocenters. The minimum absolute atomic E-state index is 0.158. The average Bonchev–Trinajstić information content (AvgIpc) is 2.49. The zero-order valence-electron chi connectivity index (χ0n) is 12.1. The van der Waals surface area contributed by atoms with E-state index in [1.807, 2.05) is 6.07 Å². The van der Waals surface area contributed by atoms with Gasteiger partial charge in [0, 0.05) is 19.4 Å². The topological polar surface area (TPSA) is 64.6 Å². The maximum Gasteiger partial charge on any atom is 0.316 e. The van der Waals surface area contributed by atoms with Crippen LogP contribution in [0, 0.1) is 0 Å². The van der Waals surface area contributed by atoms with E-state index in [2.05, 4.69) is 5.32 Å². The van der Waals surface area contributed by atoms with Crippen molar-refractivity contribution in [3.8, 4) is 0 Å². The van der Waals surface area contributed by atoms with Gasteiger partial charge in [-0.25, -0.2) is 0 Å². The fraction of sp³-hybridized carbons (Fsp3) is 0.429. The van der Waals surface area contributed by atoms with E-state index in [1.165, 1.54) is 18.9 Å². The average molecular weight is 366 g/mol. The third kappa shape index (κ3) is 7.89. The van der Waals surface area contributed by atoms with Gasteiger partial charge in [-0.1, -0.05) is 29.3 Å². The molecule has 1 amide bonds. The number of esters is 1. The summed E-state index contributed by atoms with van der Waals surface area (Å²) in [6.07, 6.45) is 0. The summed E-state index contributed by atoms with van der Waals surface area (Å²) < 4.78 is 9.64. The maximum atomic E-state index is 11.5. The van der Waals surface area contributed by atoms with Crippen molar-refractivity contribution < 1.29 is 19.1 Å². The Bertz CT molecular complexity index is 514.